The molecule has 2 rings (SSSR count). The molecule has 112 valence electrons. The lowest BCUT2D eigenvalue weighted by Gasteiger charge is -2.16. The van der Waals surface area contributed by atoms with E-state index in [9.17, 15) is 4.39 Å². The highest BCUT2D eigenvalue weighted by Crippen LogP contribution is 2.36. The molecule has 0 amide bonds. The average Bonchev–Trinajstić information content (AvgIpc) is 2.37. The molecule has 8 heteroatoms. The van der Waals surface area contributed by atoms with Gasteiger partial charge in [0.1, 0.15) is 5.69 Å². The van der Waals surface area contributed by atoms with E-state index in [-0.39, 0.29) is 32.5 Å². The van der Waals surface area contributed by atoms with Gasteiger partial charge in [-0.1, -0.05) is 34.8 Å². The third-order valence-electron chi connectivity index (χ3n) is 2.74. The number of rotatable bonds is 3. The molecule has 0 aliphatic rings. The van der Waals surface area contributed by atoms with Crippen LogP contribution < -0.4 is 9.64 Å². The van der Waals surface area contributed by atoms with Gasteiger partial charge in [0, 0.05) is 14.1 Å². The molecule has 0 bridgehead atoms. The van der Waals surface area contributed by atoms with Gasteiger partial charge < -0.3 is 9.64 Å². The SMILES string of the molecule is COc1c(Cl)ccc(-c2nc(Cl)c(N(C)C)c(Cl)n2)c1F. The largest absolute Gasteiger partial charge is 0.492 e. The lowest BCUT2D eigenvalue weighted by molar-refractivity contribution is 0.387. The molecule has 0 aliphatic heterocycles. The fourth-order valence-corrected chi connectivity index (χ4v) is 2.73. The Morgan fingerprint density at radius 3 is 2.14 bits per heavy atom. The van der Waals surface area contributed by atoms with E-state index in [1.165, 1.54) is 19.2 Å². The number of nitrogens with zero attached hydrogens (tertiary/aromatic N) is 3. The lowest BCUT2D eigenvalue weighted by Crippen LogP contribution is -2.12. The maximum atomic E-state index is 14.4. The first-order chi connectivity index (χ1) is 9.86. The Labute approximate surface area is 136 Å². The lowest BCUT2D eigenvalue weighted by atomic mass is 10.2. The van der Waals surface area contributed by atoms with Gasteiger partial charge in [-0.05, 0) is 12.1 Å². The highest BCUT2D eigenvalue weighted by Gasteiger charge is 2.20. The zero-order chi connectivity index (χ0) is 15.7. The Balaban J connectivity index is 2.64. The topological polar surface area (TPSA) is 38.2 Å². The van der Waals surface area contributed by atoms with Crippen LogP contribution in [-0.4, -0.2) is 31.2 Å². The molecule has 0 N–H and O–H groups in total. The maximum absolute atomic E-state index is 14.4. The predicted molar refractivity (Wildman–Crippen MR) is 83.3 cm³/mol. The van der Waals surface area contributed by atoms with Crippen molar-refractivity contribution in [2.24, 2.45) is 0 Å². The van der Waals surface area contributed by atoms with Gasteiger partial charge in [-0.3, -0.25) is 0 Å². The van der Waals surface area contributed by atoms with Crippen LogP contribution in [0, 0.1) is 5.82 Å². The minimum atomic E-state index is -0.672. The van der Waals surface area contributed by atoms with Gasteiger partial charge in [-0.25, -0.2) is 14.4 Å². The Hall–Kier alpha value is -1.30. The minimum Gasteiger partial charge on any atom is -0.492 e. The van der Waals surface area contributed by atoms with Crippen molar-refractivity contribution in [2.45, 2.75) is 0 Å². The second-order valence-electron chi connectivity index (χ2n) is 4.31. The fourth-order valence-electron chi connectivity index (χ4n) is 1.78. The number of hydrogen-bond donors (Lipinski definition) is 0. The van der Waals surface area contributed by atoms with E-state index in [2.05, 4.69) is 9.97 Å². The van der Waals surface area contributed by atoms with Crippen molar-refractivity contribution in [3.63, 3.8) is 0 Å². The van der Waals surface area contributed by atoms with Crippen molar-refractivity contribution in [3.8, 4) is 17.1 Å². The Bertz CT molecular complexity index is 672. The summed E-state index contributed by atoms with van der Waals surface area (Å²) in [4.78, 5) is 9.84. The van der Waals surface area contributed by atoms with E-state index in [4.69, 9.17) is 39.5 Å². The van der Waals surface area contributed by atoms with Crippen LogP contribution in [0.4, 0.5) is 10.1 Å². The summed E-state index contributed by atoms with van der Waals surface area (Å²) in [7, 11) is 4.83. The molecule has 0 saturated carbocycles. The minimum absolute atomic E-state index is 0.0584. The quantitative estimate of drug-likeness (QED) is 0.773. The van der Waals surface area contributed by atoms with Crippen LogP contribution in [0.5, 0.6) is 5.75 Å². The standard InChI is InChI=1S/C13H11Cl3FN3O/c1-20(2)9-11(15)18-13(19-12(9)16)6-4-5-7(14)10(21-3)8(6)17/h4-5H,1-3H3. The van der Waals surface area contributed by atoms with Crippen molar-refractivity contribution >= 4 is 40.5 Å². The van der Waals surface area contributed by atoms with E-state index >= 15 is 0 Å². The second kappa shape index (κ2) is 6.22. The molecule has 1 heterocycles. The molecule has 0 radical (unpaired) electrons. The summed E-state index contributed by atoms with van der Waals surface area (Å²) in [5.41, 5.74) is 0.564. The summed E-state index contributed by atoms with van der Waals surface area (Å²) >= 11 is 18.0. The Kier molecular flexibility index (Phi) is 4.76. The molecular formula is C13H11Cl3FN3O. The summed E-state index contributed by atoms with van der Waals surface area (Å²) in [6.07, 6.45) is 0. The van der Waals surface area contributed by atoms with Gasteiger partial charge >= 0.3 is 0 Å². The Morgan fingerprint density at radius 2 is 1.67 bits per heavy atom. The molecule has 0 unspecified atom stereocenters. The zero-order valence-corrected chi connectivity index (χ0v) is 13.7. The first-order valence-electron chi connectivity index (χ1n) is 5.79. The average molecular weight is 351 g/mol. The van der Waals surface area contributed by atoms with E-state index in [0.717, 1.165) is 0 Å². The molecule has 0 aliphatic carbocycles. The molecule has 4 nitrogen and oxygen atoms in total. The van der Waals surface area contributed by atoms with Gasteiger partial charge in [0.2, 0.25) is 0 Å². The zero-order valence-electron chi connectivity index (χ0n) is 11.4. The number of methoxy groups -OCH3 is 1. The highest BCUT2D eigenvalue weighted by atomic mass is 35.5. The van der Waals surface area contributed by atoms with Crippen LogP contribution in [0.2, 0.25) is 15.3 Å². The van der Waals surface area contributed by atoms with Gasteiger partial charge in [0.15, 0.2) is 27.7 Å². The highest BCUT2D eigenvalue weighted by molar-refractivity contribution is 6.37. The predicted octanol–water partition coefficient (Wildman–Crippen LogP) is 4.32. The van der Waals surface area contributed by atoms with E-state index in [1.54, 1.807) is 19.0 Å². The third kappa shape index (κ3) is 3.00. The van der Waals surface area contributed by atoms with Crippen molar-refractivity contribution in [1.82, 2.24) is 9.97 Å². The first kappa shape index (κ1) is 16.1. The summed E-state index contributed by atoms with van der Waals surface area (Å²) in [6, 6.07) is 2.93. The number of halogens is 4. The number of ether oxygens (including phenoxy) is 1. The summed E-state index contributed by atoms with van der Waals surface area (Å²) < 4.78 is 19.3. The molecule has 2 aromatic rings. The van der Waals surface area contributed by atoms with Crippen LogP contribution in [0.3, 0.4) is 0 Å². The number of aromatic nitrogens is 2. The third-order valence-corrected chi connectivity index (χ3v) is 3.56. The maximum Gasteiger partial charge on any atom is 0.177 e. The van der Waals surface area contributed by atoms with E-state index < -0.39 is 5.82 Å². The molecule has 0 atom stereocenters. The molecule has 0 fully saturated rings. The van der Waals surface area contributed by atoms with Crippen molar-refractivity contribution in [1.29, 1.82) is 0 Å². The normalized spacial score (nSPS) is 10.6. The van der Waals surface area contributed by atoms with Crippen LogP contribution in [0.1, 0.15) is 0 Å². The van der Waals surface area contributed by atoms with Crippen LogP contribution >= 0.6 is 34.8 Å². The van der Waals surface area contributed by atoms with Crippen molar-refractivity contribution < 1.29 is 9.13 Å². The fraction of sp³-hybridized carbons (Fsp3) is 0.231. The van der Waals surface area contributed by atoms with Crippen molar-refractivity contribution in [2.75, 3.05) is 26.1 Å². The first-order valence-corrected chi connectivity index (χ1v) is 6.93. The van der Waals surface area contributed by atoms with Gasteiger partial charge in [-0.15, -0.1) is 0 Å². The van der Waals surface area contributed by atoms with Crippen LogP contribution in [0.25, 0.3) is 11.4 Å². The molecule has 1 aromatic carbocycles. The second-order valence-corrected chi connectivity index (χ2v) is 5.44. The molecule has 0 saturated heterocycles. The van der Waals surface area contributed by atoms with Crippen molar-refractivity contribution in [3.05, 3.63) is 33.3 Å². The monoisotopic (exact) mass is 349 g/mol. The van der Waals surface area contributed by atoms with Crippen LogP contribution in [0.15, 0.2) is 12.1 Å². The molecule has 21 heavy (non-hydrogen) atoms. The van der Waals surface area contributed by atoms with E-state index in [0.29, 0.717) is 5.69 Å². The smallest absolute Gasteiger partial charge is 0.177 e. The summed E-state index contributed by atoms with van der Waals surface area (Å²) in [6.45, 7) is 0. The molecule has 0 spiro atoms. The number of hydrogen-bond acceptors (Lipinski definition) is 4. The number of benzene rings is 1. The van der Waals surface area contributed by atoms with E-state index in [1.807, 2.05) is 0 Å². The number of anilines is 1. The van der Waals surface area contributed by atoms with Gasteiger partial charge in [-0.2, -0.15) is 0 Å². The molecular weight excluding hydrogens is 340 g/mol. The van der Waals surface area contributed by atoms with Gasteiger partial charge in [0.25, 0.3) is 0 Å². The van der Waals surface area contributed by atoms with Gasteiger partial charge in [0.05, 0.1) is 17.7 Å². The van der Waals surface area contributed by atoms with Crippen LogP contribution in [-0.2, 0) is 0 Å². The summed E-state index contributed by atoms with van der Waals surface area (Å²) in [5, 5.41) is 0.410. The summed E-state index contributed by atoms with van der Waals surface area (Å²) in [5.74, 6) is -0.695. The molecule has 1 aromatic heterocycles. The Morgan fingerprint density at radius 1 is 1.10 bits per heavy atom.